The lowest BCUT2D eigenvalue weighted by Crippen LogP contribution is -3.00. The van der Waals surface area contributed by atoms with Crippen molar-refractivity contribution in [2.45, 2.75) is 26.2 Å². The molecule has 0 aromatic rings. The second kappa shape index (κ2) is 6.61. The average Bonchev–Trinajstić information content (AvgIpc) is 2.04. The number of esters is 1. The highest BCUT2D eigenvalue weighted by Gasteiger charge is 2.24. The molecule has 1 aliphatic rings. The molecule has 0 saturated carbocycles. The molecule has 1 aliphatic heterocycles. The van der Waals surface area contributed by atoms with Crippen LogP contribution in [0.25, 0.3) is 0 Å². The fourth-order valence-electron chi connectivity index (χ4n) is 1.91. The fourth-order valence-corrected chi connectivity index (χ4v) is 1.91. The molecule has 4 heteroatoms. The van der Waals surface area contributed by atoms with Gasteiger partial charge >= 0.3 is 5.97 Å². The van der Waals surface area contributed by atoms with Crippen LogP contribution in [0, 0.1) is 0 Å². The van der Waals surface area contributed by atoms with Gasteiger partial charge in [-0.2, -0.15) is 0 Å². The number of halogens is 1. The molecule has 1 saturated heterocycles. The van der Waals surface area contributed by atoms with Crippen LogP contribution in [0.5, 0.6) is 0 Å². The van der Waals surface area contributed by atoms with Crippen LogP contribution in [0.15, 0.2) is 0 Å². The summed E-state index contributed by atoms with van der Waals surface area (Å²) < 4.78 is 6.03. The molecule has 0 N–H and O–H groups in total. The lowest BCUT2D eigenvalue weighted by Gasteiger charge is -2.37. The Labute approximate surface area is 103 Å². The van der Waals surface area contributed by atoms with Crippen molar-refractivity contribution in [3.63, 3.8) is 0 Å². The van der Waals surface area contributed by atoms with Gasteiger partial charge in [0.25, 0.3) is 0 Å². The molecule has 0 aliphatic carbocycles. The summed E-state index contributed by atoms with van der Waals surface area (Å²) in [5.41, 5.74) is 0. The smallest absolute Gasteiger partial charge is 0.302 e. The summed E-state index contributed by atoms with van der Waals surface area (Å²) >= 11 is 0. The first-order valence-electron chi connectivity index (χ1n) is 5.09. The van der Waals surface area contributed by atoms with E-state index in [1.165, 1.54) is 39.3 Å². The van der Waals surface area contributed by atoms with E-state index in [4.69, 9.17) is 4.74 Å². The number of ether oxygens (including phenoxy) is 1. The topological polar surface area (TPSA) is 26.3 Å². The van der Waals surface area contributed by atoms with Gasteiger partial charge in [-0.25, -0.2) is 0 Å². The molecule has 0 spiro atoms. The van der Waals surface area contributed by atoms with E-state index in [0.717, 1.165) is 11.0 Å². The van der Waals surface area contributed by atoms with Crippen LogP contribution < -0.4 is 24.0 Å². The van der Waals surface area contributed by atoms with Gasteiger partial charge in [0.15, 0.2) is 0 Å². The van der Waals surface area contributed by atoms with E-state index in [9.17, 15) is 4.79 Å². The molecule has 1 rings (SSSR count). The largest absolute Gasteiger partial charge is 1.00 e. The molecule has 84 valence electrons. The number of likely N-dealkylation sites (tertiary alicyclic amines) is 1. The quantitative estimate of drug-likeness (QED) is 0.349. The van der Waals surface area contributed by atoms with Crippen molar-refractivity contribution in [3.05, 3.63) is 0 Å². The molecule has 14 heavy (non-hydrogen) atoms. The predicted molar refractivity (Wildman–Crippen MR) is 51.3 cm³/mol. The summed E-state index contributed by atoms with van der Waals surface area (Å²) in [5.74, 6) is -0.163. The zero-order chi connectivity index (χ0) is 9.73. The number of hydrogen-bond acceptors (Lipinski definition) is 2. The Hall–Kier alpha value is 0.160. The van der Waals surface area contributed by atoms with Gasteiger partial charge < -0.3 is 33.2 Å². The highest BCUT2D eigenvalue weighted by Crippen LogP contribution is 2.15. The van der Waals surface area contributed by atoms with E-state index in [-0.39, 0.29) is 29.9 Å². The second-order valence-corrected chi connectivity index (χ2v) is 4.19. The number of likely N-dealkylation sites (N-methyl/N-ethyl adjacent to an activating group) is 1. The van der Waals surface area contributed by atoms with E-state index >= 15 is 0 Å². The zero-order valence-electron chi connectivity index (χ0n) is 9.09. The Morgan fingerprint density at radius 2 is 1.86 bits per heavy atom. The molecule has 0 aromatic carbocycles. The molecule has 0 atom stereocenters. The maximum atomic E-state index is 10.6. The van der Waals surface area contributed by atoms with Gasteiger partial charge in [0.05, 0.1) is 20.1 Å². The van der Waals surface area contributed by atoms with Crippen molar-refractivity contribution in [3.8, 4) is 0 Å². The monoisotopic (exact) mass is 313 g/mol. The van der Waals surface area contributed by atoms with Gasteiger partial charge in [0, 0.05) is 6.92 Å². The Balaban J connectivity index is 0.00000169. The van der Waals surface area contributed by atoms with E-state index < -0.39 is 0 Å². The SMILES string of the molecule is CC(=O)OCC[N+]1(C)CCCCC1.[I-]. The number of nitrogens with zero attached hydrogens (tertiary/aromatic N) is 1. The van der Waals surface area contributed by atoms with Crippen LogP contribution in [0.1, 0.15) is 26.2 Å². The lowest BCUT2D eigenvalue weighted by molar-refractivity contribution is -0.914. The minimum atomic E-state index is -0.163. The summed E-state index contributed by atoms with van der Waals surface area (Å²) in [4.78, 5) is 10.6. The van der Waals surface area contributed by atoms with E-state index in [1.54, 1.807) is 0 Å². The summed E-state index contributed by atoms with van der Waals surface area (Å²) in [6.45, 7) is 5.49. The molecular formula is C10H20INO2. The third-order valence-corrected chi connectivity index (χ3v) is 2.83. The van der Waals surface area contributed by atoms with Gasteiger partial charge in [-0.1, -0.05) is 0 Å². The van der Waals surface area contributed by atoms with Crippen molar-refractivity contribution in [2.75, 3.05) is 33.3 Å². The number of rotatable bonds is 3. The number of quaternary nitrogens is 1. The summed E-state index contributed by atoms with van der Waals surface area (Å²) in [6.07, 6.45) is 3.99. The molecule has 1 heterocycles. The zero-order valence-corrected chi connectivity index (χ0v) is 11.2. The summed E-state index contributed by atoms with van der Waals surface area (Å²) in [5, 5.41) is 0. The van der Waals surface area contributed by atoms with Crippen LogP contribution in [0.4, 0.5) is 0 Å². The molecule has 0 radical (unpaired) electrons. The normalized spacial score (nSPS) is 19.6. The van der Waals surface area contributed by atoms with Crippen LogP contribution >= 0.6 is 0 Å². The van der Waals surface area contributed by atoms with Gasteiger partial charge in [0.2, 0.25) is 0 Å². The minimum absolute atomic E-state index is 0. The van der Waals surface area contributed by atoms with Crippen molar-refractivity contribution < 1.29 is 38.0 Å². The van der Waals surface area contributed by atoms with Gasteiger partial charge in [-0.05, 0) is 19.3 Å². The lowest BCUT2D eigenvalue weighted by atomic mass is 10.1. The highest BCUT2D eigenvalue weighted by atomic mass is 127. The standard InChI is InChI=1S/C10H20NO2.HI/c1-10(12)13-9-8-11(2)6-4-3-5-7-11;/h3-9H2,1-2H3;1H/q+1;/p-1. The first-order chi connectivity index (χ1) is 6.12. The van der Waals surface area contributed by atoms with E-state index in [2.05, 4.69) is 7.05 Å². The van der Waals surface area contributed by atoms with E-state index in [0.29, 0.717) is 6.61 Å². The van der Waals surface area contributed by atoms with E-state index in [1.807, 2.05) is 0 Å². The third-order valence-electron chi connectivity index (χ3n) is 2.83. The molecular weight excluding hydrogens is 293 g/mol. The third kappa shape index (κ3) is 5.14. The van der Waals surface area contributed by atoms with Crippen molar-refractivity contribution >= 4 is 5.97 Å². The van der Waals surface area contributed by atoms with Crippen LogP contribution in [-0.2, 0) is 9.53 Å². The summed E-state index contributed by atoms with van der Waals surface area (Å²) in [7, 11) is 2.25. The Bertz CT molecular complexity index is 179. The molecule has 0 unspecified atom stereocenters. The van der Waals surface area contributed by atoms with Gasteiger partial charge in [-0.3, -0.25) is 4.79 Å². The Kier molecular flexibility index (Phi) is 6.68. The van der Waals surface area contributed by atoms with Crippen molar-refractivity contribution in [1.29, 1.82) is 0 Å². The molecule has 0 amide bonds. The fraction of sp³-hybridized carbons (Fsp3) is 0.900. The van der Waals surface area contributed by atoms with Gasteiger partial charge in [0.1, 0.15) is 13.2 Å². The Morgan fingerprint density at radius 3 is 2.36 bits per heavy atom. The second-order valence-electron chi connectivity index (χ2n) is 4.19. The van der Waals surface area contributed by atoms with Crippen molar-refractivity contribution in [2.24, 2.45) is 0 Å². The Morgan fingerprint density at radius 1 is 1.29 bits per heavy atom. The van der Waals surface area contributed by atoms with Crippen LogP contribution in [0.3, 0.4) is 0 Å². The first-order valence-corrected chi connectivity index (χ1v) is 5.09. The van der Waals surface area contributed by atoms with Crippen LogP contribution in [0.2, 0.25) is 0 Å². The predicted octanol–water partition coefficient (Wildman–Crippen LogP) is -1.82. The first kappa shape index (κ1) is 14.2. The maximum Gasteiger partial charge on any atom is 0.302 e. The molecule has 3 nitrogen and oxygen atoms in total. The van der Waals surface area contributed by atoms with Crippen LogP contribution in [-0.4, -0.2) is 43.7 Å². The minimum Gasteiger partial charge on any atom is -1.00 e. The van der Waals surface area contributed by atoms with Gasteiger partial charge in [-0.15, -0.1) is 0 Å². The number of carbonyl (C=O) groups excluding carboxylic acids is 1. The van der Waals surface area contributed by atoms with Crippen molar-refractivity contribution in [1.82, 2.24) is 0 Å². The number of carbonyl (C=O) groups is 1. The number of piperidine rings is 1. The molecule has 0 aromatic heterocycles. The molecule has 1 fully saturated rings. The molecule has 0 bridgehead atoms. The highest BCUT2D eigenvalue weighted by molar-refractivity contribution is 5.65. The number of hydrogen-bond donors (Lipinski definition) is 0. The maximum absolute atomic E-state index is 10.6. The average molecular weight is 313 g/mol. The summed E-state index contributed by atoms with van der Waals surface area (Å²) in [6, 6.07) is 0.